The summed E-state index contributed by atoms with van der Waals surface area (Å²) in [5.41, 5.74) is 8.22. The number of amides is 1. The highest BCUT2D eigenvalue weighted by molar-refractivity contribution is 6.04. The van der Waals surface area contributed by atoms with E-state index < -0.39 is 0 Å². The molecule has 3 rings (SSSR count). The van der Waals surface area contributed by atoms with Gasteiger partial charge in [0.1, 0.15) is 22.9 Å². The lowest BCUT2D eigenvalue weighted by Crippen LogP contribution is -2.12. The summed E-state index contributed by atoms with van der Waals surface area (Å²) < 4.78 is 16.6. The SMILES string of the molecule is COc1cccc(OC)c1NC(=O)c1ccc(Cc2c(C)c(C)c(C)c(C)c2C)o1. The van der Waals surface area contributed by atoms with Gasteiger partial charge in [-0.3, -0.25) is 4.79 Å². The van der Waals surface area contributed by atoms with Crippen molar-refractivity contribution >= 4 is 11.6 Å². The first-order valence-corrected chi connectivity index (χ1v) is 9.95. The van der Waals surface area contributed by atoms with E-state index in [9.17, 15) is 4.79 Å². The lowest BCUT2D eigenvalue weighted by atomic mass is 9.88. The summed E-state index contributed by atoms with van der Waals surface area (Å²) in [4.78, 5) is 12.8. The van der Waals surface area contributed by atoms with E-state index in [4.69, 9.17) is 13.9 Å². The molecular formula is C25H29NO4. The minimum atomic E-state index is -0.353. The molecule has 158 valence electrons. The van der Waals surface area contributed by atoms with Gasteiger partial charge in [-0.05, 0) is 92.3 Å². The van der Waals surface area contributed by atoms with Gasteiger partial charge in [-0.2, -0.15) is 0 Å². The molecule has 0 bridgehead atoms. The van der Waals surface area contributed by atoms with Gasteiger partial charge in [-0.25, -0.2) is 0 Å². The van der Waals surface area contributed by atoms with Crippen LogP contribution >= 0.6 is 0 Å². The van der Waals surface area contributed by atoms with Crippen LogP contribution in [0.5, 0.6) is 11.5 Å². The highest BCUT2D eigenvalue weighted by Crippen LogP contribution is 2.34. The third-order valence-corrected chi connectivity index (χ3v) is 6.06. The Bertz CT molecular complexity index is 1040. The summed E-state index contributed by atoms with van der Waals surface area (Å²) >= 11 is 0. The Hall–Kier alpha value is -3.21. The fourth-order valence-corrected chi connectivity index (χ4v) is 3.76. The quantitative estimate of drug-likeness (QED) is 0.571. The van der Waals surface area contributed by atoms with E-state index in [2.05, 4.69) is 39.9 Å². The Kier molecular flexibility index (Phi) is 6.20. The molecule has 5 heteroatoms. The molecule has 1 heterocycles. The zero-order chi connectivity index (χ0) is 22.0. The van der Waals surface area contributed by atoms with Crippen molar-refractivity contribution in [1.29, 1.82) is 0 Å². The average molecular weight is 408 g/mol. The van der Waals surface area contributed by atoms with Gasteiger partial charge < -0.3 is 19.2 Å². The molecular weight excluding hydrogens is 378 g/mol. The van der Waals surface area contributed by atoms with Crippen LogP contribution < -0.4 is 14.8 Å². The monoisotopic (exact) mass is 407 g/mol. The maximum atomic E-state index is 12.8. The van der Waals surface area contributed by atoms with Gasteiger partial charge in [-0.1, -0.05) is 6.07 Å². The van der Waals surface area contributed by atoms with Crippen LogP contribution in [-0.4, -0.2) is 20.1 Å². The van der Waals surface area contributed by atoms with Gasteiger partial charge in [0.25, 0.3) is 5.91 Å². The van der Waals surface area contributed by atoms with Crippen molar-refractivity contribution in [1.82, 2.24) is 0 Å². The Morgan fingerprint density at radius 1 is 0.833 bits per heavy atom. The Morgan fingerprint density at radius 3 is 1.90 bits per heavy atom. The van der Waals surface area contributed by atoms with Crippen molar-refractivity contribution < 1.29 is 18.7 Å². The third-order valence-electron chi connectivity index (χ3n) is 6.06. The number of anilines is 1. The number of rotatable bonds is 6. The summed E-state index contributed by atoms with van der Waals surface area (Å²) in [6.45, 7) is 10.8. The molecule has 0 radical (unpaired) electrons. The molecule has 0 unspecified atom stereocenters. The van der Waals surface area contributed by atoms with E-state index in [1.54, 1.807) is 38.5 Å². The summed E-state index contributed by atoms with van der Waals surface area (Å²) in [6.07, 6.45) is 0.644. The highest BCUT2D eigenvalue weighted by Gasteiger charge is 2.19. The van der Waals surface area contributed by atoms with Crippen LogP contribution in [-0.2, 0) is 6.42 Å². The van der Waals surface area contributed by atoms with Crippen molar-refractivity contribution in [2.24, 2.45) is 0 Å². The molecule has 0 fully saturated rings. The van der Waals surface area contributed by atoms with E-state index in [0.29, 0.717) is 23.6 Å². The van der Waals surface area contributed by atoms with E-state index in [1.165, 1.54) is 33.4 Å². The standard InChI is InChI=1S/C25H29NO4/c1-14-15(2)17(4)20(18(5)16(14)3)13-19-11-12-23(30-19)25(27)26-24-21(28-6)9-8-10-22(24)29-7/h8-12H,13H2,1-7H3,(H,26,27). The topological polar surface area (TPSA) is 60.7 Å². The number of benzene rings is 2. The summed E-state index contributed by atoms with van der Waals surface area (Å²) in [5, 5.41) is 2.84. The van der Waals surface area contributed by atoms with Crippen LogP contribution in [0.3, 0.4) is 0 Å². The second-order valence-corrected chi connectivity index (χ2v) is 7.54. The number of hydrogen-bond acceptors (Lipinski definition) is 4. The lowest BCUT2D eigenvalue weighted by molar-refractivity contribution is 0.0994. The molecule has 0 aliphatic rings. The minimum Gasteiger partial charge on any atom is -0.494 e. The fraction of sp³-hybridized carbons (Fsp3) is 0.320. The van der Waals surface area contributed by atoms with Crippen LogP contribution in [0.15, 0.2) is 34.7 Å². The Labute approximate surface area is 178 Å². The predicted molar refractivity (Wildman–Crippen MR) is 119 cm³/mol. The molecule has 30 heavy (non-hydrogen) atoms. The van der Waals surface area contributed by atoms with Gasteiger partial charge in [0.05, 0.1) is 14.2 Å². The molecule has 3 aromatic rings. The van der Waals surface area contributed by atoms with Gasteiger partial charge in [-0.15, -0.1) is 0 Å². The van der Waals surface area contributed by atoms with Gasteiger partial charge in [0.2, 0.25) is 0 Å². The number of furan rings is 1. The van der Waals surface area contributed by atoms with Crippen molar-refractivity contribution in [2.45, 2.75) is 41.0 Å². The molecule has 1 N–H and O–H groups in total. The van der Waals surface area contributed by atoms with Crippen LogP contribution in [0.1, 0.15) is 49.7 Å². The summed E-state index contributed by atoms with van der Waals surface area (Å²) in [5.74, 6) is 1.68. The van der Waals surface area contributed by atoms with Crippen LogP contribution in [0, 0.1) is 34.6 Å². The third kappa shape index (κ3) is 3.92. The smallest absolute Gasteiger partial charge is 0.291 e. The molecule has 5 nitrogen and oxygen atoms in total. The van der Waals surface area contributed by atoms with Gasteiger partial charge in [0, 0.05) is 6.42 Å². The average Bonchev–Trinajstić information content (AvgIpc) is 3.23. The molecule has 0 aliphatic heterocycles. The van der Waals surface area contributed by atoms with Gasteiger partial charge in [0.15, 0.2) is 5.76 Å². The zero-order valence-electron chi connectivity index (χ0n) is 18.7. The van der Waals surface area contributed by atoms with E-state index in [0.717, 1.165) is 5.76 Å². The van der Waals surface area contributed by atoms with Crippen LogP contribution in [0.4, 0.5) is 5.69 Å². The van der Waals surface area contributed by atoms with E-state index in [1.807, 2.05) is 6.07 Å². The van der Waals surface area contributed by atoms with Crippen LogP contribution in [0.25, 0.3) is 0 Å². The second kappa shape index (κ2) is 8.66. The van der Waals surface area contributed by atoms with Crippen molar-refractivity contribution in [3.8, 4) is 11.5 Å². The molecule has 1 aromatic heterocycles. The molecule has 0 atom stereocenters. The van der Waals surface area contributed by atoms with E-state index >= 15 is 0 Å². The number of para-hydroxylation sites is 1. The largest absolute Gasteiger partial charge is 0.494 e. The first-order chi connectivity index (χ1) is 14.3. The predicted octanol–water partition coefficient (Wildman–Crippen LogP) is 5.68. The summed E-state index contributed by atoms with van der Waals surface area (Å²) in [7, 11) is 3.09. The molecule has 0 aliphatic carbocycles. The molecule has 0 saturated carbocycles. The fourth-order valence-electron chi connectivity index (χ4n) is 3.76. The maximum absolute atomic E-state index is 12.8. The number of methoxy groups -OCH3 is 2. The molecule has 1 amide bonds. The number of ether oxygens (including phenoxy) is 2. The van der Waals surface area contributed by atoms with E-state index in [-0.39, 0.29) is 11.7 Å². The van der Waals surface area contributed by atoms with Crippen molar-refractivity contribution in [2.75, 3.05) is 19.5 Å². The first-order valence-electron chi connectivity index (χ1n) is 9.95. The normalized spacial score (nSPS) is 10.8. The number of carbonyl (C=O) groups is 1. The summed E-state index contributed by atoms with van der Waals surface area (Å²) in [6, 6.07) is 8.88. The minimum absolute atomic E-state index is 0.244. The Balaban J connectivity index is 1.86. The van der Waals surface area contributed by atoms with Gasteiger partial charge >= 0.3 is 0 Å². The number of nitrogens with one attached hydrogen (secondary N) is 1. The molecule has 0 saturated heterocycles. The maximum Gasteiger partial charge on any atom is 0.291 e. The number of carbonyl (C=O) groups excluding carboxylic acids is 1. The zero-order valence-corrected chi connectivity index (χ0v) is 18.7. The first kappa shape index (κ1) is 21.5. The highest BCUT2D eigenvalue weighted by atomic mass is 16.5. The Morgan fingerprint density at radius 2 is 1.37 bits per heavy atom. The number of hydrogen-bond donors (Lipinski definition) is 1. The lowest BCUT2D eigenvalue weighted by Gasteiger charge is -2.18. The van der Waals surface area contributed by atoms with Crippen molar-refractivity contribution in [3.63, 3.8) is 0 Å². The van der Waals surface area contributed by atoms with Crippen LogP contribution in [0.2, 0.25) is 0 Å². The molecule has 2 aromatic carbocycles. The molecule has 0 spiro atoms. The second-order valence-electron chi connectivity index (χ2n) is 7.54. The van der Waals surface area contributed by atoms with Crippen molar-refractivity contribution in [3.05, 3.63) is 75.2 Å².